The van der Waals surface area contributed by atoms with E-state index in [0.29, 0.717) is 0 Å². The zero-order chi connectivity index (χ0) is 24.5. The Labute approximate surface area is 208 Å². The molecule has 0 aliphatic heterocycles. The topological polar surface area (TPSA) is 36.9 Å². The molecule has 4 heteroatoms. The van der Waals surface area contributed by atoms with Gasteiger partial charge in [0, 0.05) is 0 Å². The Balaban J connectivity index is 1.37. The van der Waals surface area contributed by atoms with Crippen LogP contribution in [0.15, 0.2) is 91.0 Å². The van der Waals surface area contributed by atoms with Crippen LogP contribution in [-0.4, -0.2) is 21.3 Å². The van der Waals surface area contributed by atoms with Crippen molar-refractivity contribution in [2.75, 3.05) is 21.3 Å². The average molecular weight is 469 g/mol. The number of methoxy groups -OCH3 is 3. The van der Waals surface area contributed by atoms with Crippen LogP contribution in [0.5, 0.6) is 28.7 Å². The van der Waals surface area contributed by atoms with E-state index in [1.54, 1.807) is 21.3 Å². The maximum atomic E-state index is 6.21. The Morgan fingerprint density at radius 3 is 1.37 bits per heavy atom. The van der Waals surface area contributed by atoms with Crippen LogP contribution in [0.3, 0.4) is 0 Å². The first-order chi connectivity index (χ1) is 17.2. The summed E-state index contributed by atoms with van der Waals surface area (Å²) in [6.07, 6.45) is 3.71. The summed E-state index contributed by atoms with van der Waals surface area (Å²) in [6.45, 7) is 0. The molecule has 0 aliphatic carbocycles. The van der Waals surface area contributed by atoms with E-state index in [9.17, 15) is 0 Å². The predicted molar refractivity (Wildman–Crippen MR) is 140 cm³/mol. The van der Waals surface area contributed by atoms with Gasteiger partial charge in [-0.05, 0) is 96.5 Å². The summed E-state index contributed by atoms with van der Waals surface area (Å²) in [5.41, 5.74) is 4.94. The molecule has 0 spiro atoms. The van der Waals surface area contributed by atoms with Gasteiger partial charge in [-0.1, -0.05) is 42.5 Å². The van der Waals surface area contributed by atoms with Crippen molar-refractivity contribution >= 4 is 0 Å². The zero-order valence-corrected chi connectivity index (χ0v) is 20.6. The minimum Gasteiger partial charge on any atom is -0.497 e. The first kappa shape index (κ1) is 24.2. The van der Waals surface area contributed by atoms with E-state index in [2.05, 4.69) is 48.5 Å². The first-order valence-electron chi connectivity index (χ1n) is 11.9. The molecule has 35 heavy (non-hydrogen) atoms. The smallest absolute Gasteiger partial charge is 0.160 e. The lowest BCUT2D eigenvalue weighted by Crippen LogP contribution is -1.96. The Kier molecular flexibility index (Phi) is 8.29. The van der Waals surface area contributed by atoms with Crippen LogP contribution in [0.2, 0.25) is 0 Å². The largest absolute Gasteiger partial charge is 0.497 e. The maximum Gasteiger partial charge on any atom is 0.160 e. The molecule has 0 saturated heterocycles. The van der Waals surface area contributed by atoms with Crippen molar-refractivity contribution in [1.82, 2.24) is 0 Å². The van der Waals surface area contributed by atoms with E-state index in [4.69, 9.17) is 18.9 Å². The van der Waals surface area contributed by atoms with Crippen LogP contribution in [-0.2, 0) is 25.7 Å². The molecular formula is C31H32O4. The fourth-order valence-electron chi connectivity index (χ4n) is 4.11. The van der Waals surface area contributed by atoms with Crippen LogP contribution < -0.4 is 18.9 Å². The number of hydrogen-bond acceptors (Lipinski definition) is 4. The molecule has 0 N–H and O–H groups in total. The van der Waals surface area contributed by atoms with Crippen molar-refractivity contribution < 1.29 is 18.9 Å². The van der Waals surface area contributed by atoms with Gasteiger partial charge < -0.3 is 18.9 Å². The third-order valence-corrected chi connectivity index (χ3v) is 6.02. The van der Waals surface area contributed by atoms with Gasteiger partial charge in [-0.25, -0.2) is 0 Å². The Hall–Kier alpha value is -3.92. The molecule has 0 aliphatic rings. The highest BCUT2D eigenvalue weighted by molar-refractivity contribution is 5.43. The van der Waals surface area contributed by atoms with Gasteiger partial charge in [-0.15, -0.1) is 0 Å². The van der Waals surface area contributed by atoms with Gasteiger partial charge in [0.05, 0.1) is 21.3 Å². The fraction of sp³-hybridized carbons (Fsp3) is 0.226. The molecule has 0 bridgehead atoms. The predicted octanol–water partition coefficient (Wildman–Crippen LogP) is 7.08. The summed E-state index contributed by atoms with van der Waals surface area (Å²) in [5.74, 6) is 4.10. The molecule has 0 heterocycles. The van der Waals surface area contributed by atoms with Crippen LogP contribution in [0.1, 0.15) is 22.3 Å². The summed E-state index contributed by atoms with van der Waals surface area (Å²) in [5, 5.41) is 0. The van der Waals surface area contributed by atoms with Crippen molar-refractivity contribution in [3.05, 3.63) is 113 Å². The molecule has 0 amide bonds. The second-order valence-corrected chi connectivity index (χ2v) is 8.44. The normalized spacial score (nSPS) is 10.6. The zero-order valence-electron chi connectivity index (χ0n) is 20.6. The molecule has 0 atom stereocenters. The van der Waals surface area contributed by atoms with Crippen LogP contribution >= 0.6 is 0 Å². The number of rotatable bonds is 11. The van der Waals surface area contributed by atoms with E-state index < -0.39 is 0 Å². The molecule has 4 aromatic rings. The summed E-state index contributed by atoms with van der Waals surface area (Å²) in [7, 11) is 5.01. The molecule has 0 aromatic heterocycles. The molecule has 0 unspecified atom stereocenters. The summed E-state index contributed by atoms with van der Waals surface area (Å²) in [6, 6.07) is 30.9. The summed E-state index contributed by atoms with van der Waals surface area (Å²) in [4.78, 5) is 0. The summed E-state index contributed by atoms with van der Waals surface area (Å²) < 4.78 is 22.3. The molecule has 0 fully saturated rings. The third kappa shape index (κ3) is 6.80. The van der Waals surface area contributed by atoms with E-state index in [-0.39, 0.29) is 0 Å². The third-order valence-electron chi connectivity index (χ3n) is 6.02. The number of ether oxygens (including phenoxy) is 4. The highest BCUT2D eigenvalue weighted by Crippen LogP contribution is 2.29. The van der Waals surface area contributed by atoms with Crippen LogP contribution in [0, 0.1) is 0 Å². The second-order valence-electron chi connectivity index (χ2n) is 8.44. The molecule has 4 rings (SSSR count). The monoisotopic (exact) mass is 468 g/mol. The van der Waals surface area contributed by atoms with Crippen molar-refractivity contribution in [1.29, 1.82) is 0 Å². The lowest BCUT2D eigenvalue weighted by Gasteiger charge is -2.11. The van der Waals surface area contributed by atoms with Crippen LogP contribution in [0.25, 0.3) is 0 Å². The lowest BCUT2D eigenvalue weighted by molar-refractivity contribution is 0.354. The lowest BCUT2D eigenvalue weighted by atomic mass is 10.0. The van der Waals surface area contributed by atoms with Crippen molar-refractivity contribution in [3.8, 4) is 28.7 Å². The van der Waals surface area contributed by atoms with Crippen molar-refractivity contribution in [2.24, 2.45) is 0 Å². The van der Waals surface area contributed by atoms with E-state index >= 15 is 0 Å². The molecule has 4 nitrogen and oxygen atoms in total. The fourth-order valence-corrected chi connectivity index (χ4v) is 4.11. The van der Waals surface area contributed by atoms with Gasteiger partial charge in [0.15, 0.2) is 11.5 Å². The second kappa shape index (κ2) is 12.0. The number of aryl methyl sites for hydroxylation is 4. The van der Waals surface area contributed by atoms with Gasteiger partial charge in [0.25, 0.3) is 0 Å². The average Bonchev–Trinajstić information content (AvgIpc) is 2.91. The van der Waals surface area contributed by atoms with Gasteiger partial charge in [0.2, 0.25) is 0 Å². The standard InChI is InChI=1S/C31H32O4/c1-32-27-10-4-7-23(19-27)13-14-24-8-5-11-28(20-24)35-29-12-6-9-25(21-29)15-16-26-17-18-30(33-2)31(22-26)34-3/h4-12,17-22H,13-16H2,1-3H3. The molecule has 0 saturated carbocycles. The number of benzene rings is 4. The maximum absolute atomic E-state index is 6.21. The summed E-state index contributed by atoms with van der Waals surface area (Å²) >= 11 is 0. The SMILES string of the molecule is COc1cccc(CCc2cccc(Oc3cccc(CCc4ccc(OC)c(OC)c4)c3)c2)c1. The van der Waals surface area contributed by atoms with E-state index in [0.717, 1.165) is 54.4 Å². The van der Waals surface area contributed by atoms with Gasteiger partial charge >= 0.3 is 0 Å². The van der Waals surface area contributed by atoms with Gasteiger partial charge in [0.1, 0.15) is 17.2 Å². The highest BCUT2D eigenvalue weighted by atomic mass is 16.5. The van der Waals surface area contributed by atoms with E-state index in [1.807, 2.05) is 42.5 Å². The Morgan fingerprint density at radius 1 is 0.429 bits per heavy atom. The molecular weight excluding hydrogens is 436 g/mol. The Bertz CT molecular complexity index is 1250. The van der Waals surface area contributed by atoms with Crippen molar-refractivity contribution in [3.63, 3.8) is 0 Å². The van der Waals surface area contributed by atoms with Crippen LogP contribution in [0.4, 0.5) is 0 Å². The van der Waals surface area contributed by atoms with E-state index in [1.165, 1.54) is 22.3 Å². The van der Waals surface area contributed by atoms with Gasteiger partial charge in [-0.3, -0.25) is 0 Å². The first-order valence-corrected chi connectivity index (χ1v) is 11.9. The molecule has 180 valence electrons. The minimum absolute atomic E-state index is 0.748. The molecule has 4 aromatic carbocycles. The minimum atomic E-state index is 0.748. The number of hydrogen-bond donors (Lipinski definition) is 0. The van der Waals surface area contributed by atoms with Gasteiger partial charge in [-0.2, -0.15) is 0 Å². The highest BCUT2D eigenvalue weighted by Gasteiger charge is 2.06. The quantitative estimate of drug-likeness (QED) is 0.236. The molecule has 0 radical (unpaired) electrons. The van der Waals surface area contributed by atoms with Crippen molar-refractivity contribution in [2.45, 2.75) is 25.7 Å². The Morgan fingerprint density at radius 2 is 0.886 bits per heavy atom.